The van der Waals surface area contributed by atoms with Crippen LogP contribution < -0.4 is 4.74 Å². The van der Waals surface area contributed by atoms with Crippen LogP contribution >= 0.6 is 0 Å². The summed E-state index contributed by atoms with van der Waals surface area (Å²) in [6.07, 6.45) is 5.44. The fourth-order valence-electron chi connectivity index (χ4n) is 2.54. The summed E-state index contributed by atoms with van der Waals surface area (Å²) in [4.78, 5) is 19.6. The van der Waals surface area contributed by atoms with E-state index in [1.165, 1.54) is 12.4 Å². The van der Waals surface area contributed by atoms with Crippen LogP contribution in [0, 0.1) is 0 Å². The predicted molar refractivity (Wildman–Crippen MR) is 91.5 cm³/mol. The van der Waals surface area contributed by atoms with Crippen LogP contribution in [0.1, 0.15) is 35.8 Å². The van der Waals surface area contributed by atoms with E-state index in [2.05, 4.69) is 15.1 Å². The molecule has 3 aromatic rings. The van der Waals surface area contributed by atoms with Crippen LogP contribution in [0.25, 0.3) is 11.4 Å². The normalized spacial score (nSPS) is 10.8. The molecule has 0 saturated carbocycles. The largest absolute Gasteiger partial charge is 0.507 e. The highest BCUT2D eigenvalue weighted by Crippen LogP contribution is 2.28. The van der Waals surface area contributed by atoms with E-state index in [0.717, 1.165) is 11.3 Å². The van der Waals surface area contributed by atoms with Gasteiger partial charge in [0.15, 0.2) is 6.29 Å². The number of phenolic OH excluding ortho intramolecular Hbond substituents is 1. The Morgan fingerprint density at radius 2 is 2.16 bits per heavy atom. The van der Waals surface area contributed by atoms with Crippen molar-refractivity contribution >= 4 is 6.29 Å². The molecular weight excluding hydrogens is 320 g/mol. The molecule has 2 heterocycles. The van der Waals surface area contributed by atoms with E-state index in [1.54, 1.807) is 24.5 Å². The fraction of sp³-hybridized carbons (Fsp3) is 0.222. The average molecular weight is 338 g/mol. The van der Waals surface area contributed by atoms with Crippen molar-refractivity contribution in [3.8, 4) is 22.9 Å². The summed E-state index contributed by atoms with van der Waals surface area (Å²) in [7, 11) is 0. The number of aromatic nitrogens is 4. The van der Waals surface area contributed by atoms with Gasteiger partial charge in [0, 0.05) is 24.0 Å². The minimum atomic E-state index is -0.116. The molecule has 128 valence electrons. The lowest BCUT2D eigenvalue weighted by molar-refractivity contribution is 0.111. The van der Waals surface area contributed by atoms with E-state index in [0.29, 0.717) is 17.7 Å². The van der Waals surface area contributed by atoms with Crippen molar-refractivity contribution < 1.29 is 14.6 Å². The molecule has 0 radical (unpaired) electrons. The highest BCUT2D eigenvalue weighted by Gasteiger charge is 2.15. The van der Waals surface area contributed by atoms with Crippen molar-refractivity contribution in [1.82, 2.24) is 19.7 Å². The van der Waals surface area contributed by atoms with Crippen molar-refractivity contribution in [3.05, 3.63) is 54.1 Å². The SMILES string of the molecule is CC(C)n1nccc1-c1ncncc1COc1cccc(O)c1C=O. The van der Waals surface area contributed by atoms with Crippen molar-refractivity contribution in [1.29, 1.82) is 0 Å². The summed E-state index contributed by atoms with van der Waals surface area (Å²) in [6, 6.07) is 6.76. The second kappa shape index (κ2) is 7.12. The van der Waals surface area contributed by atoms with Gasteiger partial charge in [-0.3, -0.25) is 9.48 Å². The second-order valence-electron chi connectivity index (χ2n) is 5.75. The number of aromatic hydroxyl groups is 1. The summed E-state index contributed by atoms with van der Waals surface area (Å²) in [5.74, 6) is 0.192. The number of hydrogen-bond acceptors (Lipinski definition) is 6. The summed E-state index contributed by atoms with van der Waals surface area (Å²) in [5, 5.41) is 14.1. The summed E-state index contributed by atoms with van der Waals surface area (Å²) in [5.41, 5.74) is 2.45. The van der Waals surface area contributed by atoms with Gasteiger partial charge < -0.3 is 9.84 Å². The lowest BCUT2D eigenvalue weighted by Crippen LogP contribution is -2.08. The Hall–Kier alpha value is -3.22. The molecule has 0 spiro atoms. The standard InChI is InChI=1S/C18H18N4O3/c1-12(2)22-15(6-7-21-22)18-13(8-19-11-20-18)10-25-17-5-3-4-16(24)14(17)9-23/h3-9,11-12,24H,10H2,1-2H3. The number of phenols is 1. The molecule has 0 amide bonds. The monoisotopic (exact) mass is 338 g/mol. The van der Waals surface area contributed by atoms with Gasteiger partial charge in [-0.05, 0) is 32.0 Å². The summed E-state index contributed by atoms with van der Waals surface area (Å²) < 4.78 is 7.61. The van der Waals surface area contributed by atoms with Crippen molar-refractivity contribution in [2.24, 2.45) is 0 Å². The van der Waals surface area contributed by atoms with E-state index >= 15 is 0 Å². The summed E-state index contributed by atoms with van der Waals surface area (Å²) in [6.45, 7) is 4.23. The first-order valence-electron chi connectivity index (χ1n) is 7.84. The van der Waals surface area contributed by atoms with E-state index in [4.69, 9.17) is 4.74 Å². The third-order valence-corrected chi connectivity index (χ3v) is 3.73. The molecule has 1 N–H and O–H groups in total. The maximum absolute atomic E-state index is 11.2. The van der Waals surface area contributed by atoms with Crippen LogP contribution in [0.15, 0.2) is 43.0 Å². The molecule has 0 bridgehead atoms. The van der Waals surface area contributed by atoms with Gasteiger partial charge in [-0.25, -0.2) is 9.97 Å². The van der Waals surface area contributed by atoms with Crippen LogP contribution in [-0.2, 0) is 6.61 Å². The van der Waals surface area contributed by atoms with Crippen LogP contribution in [0.2, 0.25) is 0 Å². The zero-order valence-corrected chi connectivity index (χ0v) is 14.0. The molecule has 2 aromatic heterocycles. The van der Waals surface area contributed by atoms with Gasteiger partial charge in [-0.1, -0.05) is 6.07 Å². The minimum Gasteiger partial charge on any atom is -0.507 e. The molecule has 0 aliphatic heterocycles. The quantitative estimate of drug-likeness (QED) is 0.695. The zero-order valence-electron chi connectivity index (χ0n) is 14.0. The van der Waals surface area contributed by atoms with Gasteiger partial charge in [0.1, 0.15) is 24.4 Å². The van der Waals surface area contributed by atoms with Crippen LogP contribution in [0.3, 0.4) is 0 Å². The first kappa shape index (κ1) is 16.6. The van der Waals surface area contributed by atoms with Crippen molar-refractivity contribution in [2.75, 3.05) is 0 Å². The Morgan fingerprint density at radius 1 is 1.32 bits per heavy atom. The molecule has 25 heavy (non-hydrogen) atoms. The highest BCUT2D eigenvalue weighted by atomic mass is 16.5. The summed E-state index contributed by atoms with van der Waals surface area (Å²) >= 11 is 0. The van der Waals surface area contributed by atoms with Gasteiger partial charge in [0.05, 0.1) is 17.0 Å². The number of hydrogen-bond donors (Lipinski definition) is 1. The first-order valence-corrected chi connectivity index (χ1v) is 7.84. The smallest absolute Gasteiger partial charge is 0.157 e. The first-order chi connectivity index (χ1) is 12.1. The van der Waals surface area contributed by atoms with Crippen molar-refractivity contribution in [2.45, 2.75) is 26.5 Å². The molecule has 3 rings (SSSR count). The maximum Gasteiger partial charge on any atom is 0.157 e. The molecule has 0 saturated heterocycles. The number of carbonyl (C=O) groups is 1. The average Bonchev–Trinajstić information content (AvgIpc) is 3.10. The second-order valence-corrected chi connectivity index (χ2v) is 5.75. The minimum absolute atomic E-state index is 0.116. The van der Waals surface area contributed by atoms with Gasteiger partial charge in [0.25, 0.3) is 0 Å². The molecule has 0 fully saturated rings. The number of ether oxygens (including phenoxy) is 1. The van der Waals surface area contributed by atoms with Gasteiger partial charge >= 0.3 is 0 Å². The van der Waals surface area contributed by atoms with Crippen molar-refractivity contribution in [3.63, 3.8) is 0 Å². The molecule has 0 aliphatic rings. The predicted octanol–water partition coefficient (Wildman–Crippen LogP) is 3.02. The molecule has 7 heteroatoms. The third-order valence-electron chi connectivity index (χ3n) is 3.73. The Balaban J connectivity index is 1.91. The topological polar surface area (TPSA) is 90.1 Å². The van der Waals surface area contributed by atoms with Gasteiger partial charge in [0.2, 0.25) is 0 Å². The Morgan fingerprint density at radius 3 is 2.92 bits per heavy atom. The number of nitrogens with zero attached hydrogens (tertiary/aromatic N) is 4. The Bertz CT molecular complexity index is 890. The number of rotatable bonds is 6. The highest BCUT2D eigenvalue weighted by molar-refractivity contribution is 5.83. The molecular formula is C18H18N4O3. The van der Waals surface area contributed by atoms with E-state index < -0.39 is 0 Å². The van der Waals surface area contributed by atoms with Gasteiger partial charge in [-0.15, -0.1) is 0 Å². The van der Waals surface area contributed by atoms with E-state index in [-0.39, 0.29) is 24.0 Å². The third kappa shape index (κ3) is 3.35. The van der Waals surface area contributed by atoms with Crippen LogP contribution in [0.4, 0.5) is 0 Å². The van der Waals surface area contributed by atoms with Gasteiger partial charge in [-0.2, -0.15) is 5.10 Å². The van der Waals surface area contributed by atoms with Crippen LogP contribution in [-0.4, -0.2) is 31.1 Å². The molecule has 1 aromatic carbocycles. The molecule has 0 unspecified atom stereocenters. The zero-order chi connectivity index (χ0) is 17.8. The van der Waals surface area contributed by atoms with E-state index in [1.807, 2.05) is 24.6 Å². The lowest BCUT2D eigenvalue weighted by atomic mass is 10.1. The number of aldehydes is 1. The van der Waals surface area contributed by atoms with E-state index in [9.17, 15) is 9.90 Å². The van der Waals surface area contributed by atoms with Crippen LogP contribution in [0.5, 0.6) is 11.5 Å². The number of benzene rings is 1. The Labute approximate surface area is 144 Å². The molecule has 7 nitrogen and oxygen atoms in total. The molecule has 0 aliphatic carbocycles. The lowest BCUT2D eigenvalue weighted by Gasteiger charge is -2.14. The number of carbonyl (C=O) groups excluding carboxylic acids is 1. The fourth-order valence-corrected chi connectivity index (χ4v) is 2.54. The molecule has 0 atom stereocenters. The maximum atomic E-state index is 11.2. The Kier molecular flexibility index (Phi) is 4.74.